The zero-order chi connectivity index (χ0) is 41.5. The molecule has 8 rings (SSSR count). The number of nitrogens with zero attached hydrogens (tertiary/aromatic N) is 4. The summed E-state index contributed by atoms with van der Waals surface area (Å²) in [5.74, 6) is 0.758. The van der Waals surface area contributed by atoms with Gasteiger partial charge in [-0.3, -0.25) is 9.36 Å². The van der Waals surface area contributed by atoms with Gasteiger partial charge in [0.05, 0.1) is 25.2 Å². The molecule has 4 heterocycles. The van der Waals surface area contributed by atoms with E-state index in [4.69, 9.17) is 38.4 Å². The van der Waals surface area contributed by atoms with Gasteiger partial charge in [-0.2, -0.15) is 0 Å². The molecule has 60 heavy (non-hydrogen) atoms. The van der Waals surface area contributed by atoms with Crippen molar-refractivity contribution >= 4 is 28.6 Å². The monoisotopic (exact) mass is 810 g/mol. The van der Waals surface area contributed by atoms with Gasteiger partial charge >= 0.3 is 0 Å². The Labute approximate surface area is 347 Å². The van der Waals surface area contributed by atoms with Gasteiger partial charge < -0.3 is 44.2 Å². The quantitative estimate of drug-likeness (QED) is 0.0639. The number of carbonyl (C=O) groups excluding carboxylic acids is 1. The number of imidazole rings is 1. The summed E-state index contributed by atoms with van der Waals surface area (Å²) >= 11 is 0. The van der Waals surface area contributed by atoms with Gasteiger partial charge in [-0.25, -0.2) is 15.0 Å². The van der Waals surface area contributed by atoms with E-state index in [1.54, 1.807) is 23.0 Å². The summed E-state index contributed by atoms with van der Waals surface area (Å²) in [4.78, 5) is 27.8. The molecule has 14 nitrogen and oxygen atoms in total. The SMILES string of the molecule is COCOc1cc2c(OCOC)c(c1OC)C/C=C/C[C@H]1[C@@H](O)[C@H](n3cnc4c(NC(c5ccccc5)(c5ccccc5)c5ccccc5)ncnc43)O[C@@H]1/C=C/C(=O)N2. The molecule has 0 radical (unpaired) electrons. The number of aliphatic hydroxyl groups excluding tert-OH is 1. The van der Waals surface area contributed by atoms with Crippen molar-refractivity contribution in [2.24, 2.45) is 5.92 Å². The third kappa shape index (κ3) is 7.80. The van der Waals surface area contributed by atoms with Crippen LogP contribution in [0, 0.1) is 5.92 Å². The van der Waals surface area contributed by atoms with E-state index in [-0.39, 0.29) is 13.6 Å². The number of hydrogen-bond donors (Lipinski definition) is 3. The second kappa shape index (κ2) is 18.1. The average molecular weight is 811 g/mol. The van der Waals surface area contributed by atoms with E-state index in [1.807, 2.05) is 66.7 Å². The molecule has 0 aliphatic carbocycles. The molecule has 2 aliphatic heterocycles. The molecule has 1 amide bonds. The third-order valence-electron chi connectivity index (χ3n) is 10.8. The minimum atomic E-state index is -1.01. The maximum absolute atomic E-state index is 13.6. The molecule has 2 aromatic heterocycles. The van der Waals surface area contributed by atoms with Crippen molar-refractivity contribution in [3.05, 3.63) is 156 Å². The number of fused-ring (bicyclic) bond motifs is 4. The number of aromatic nitrogens is 4. The minimum absolute atomic E-state index is 0.0388. The molecule has 0 saturated carbocycles. The van der Waals surface area contributed by atoms with Crippen LogP contribution in [0.15, 0.2) is 134 Å². The summed E-state index contributed by atoms with van der Waals surface area (Å²) in [6, 6.07) is 32.3. The summed E-state index contributed by atoms with van der Waals surface area (Å²) in [6.07, 6.45) is 8.29. The molecule has 2 aliphatic rings. The third-order valence-corrected chi connectivity index (χ3v) is 10.8. The van der Waals surface area contributed by atoms with E-state index < -0.39 is 35.8 Å². The summed E-state index contributed by atoms with van der Waals surface area (Å²) in [7, 11) is 4.56. The van der Waals surface area contributed by atoms with Gasteiger partial charge in [-0.15, -0.1) is 0 Å². The van der Waals surface area contributed by atoms with E-state index in [0.717, 1.165) is 16.7 Å². The highest BCUT2D eigenvalue weighted by atomic mass is 16.7. The lowest BCUT2D eigenvalue weighted by Gasteiger charge is -2.37. The lowest BCUT2D eigenvalue weighted by molar-refractivity contribution is -0.112. The summed E-state index contributed by atoms with van der Waals surface area (Å²) in [5, 5.41) is 18.7. The van der Waals surface area contributed by atoms with E-state index in [2.05, 4.69) is 52.0 Å². The molecule has 3 N–H and O–H groups in total. The molecule has 0 spiro atoms. The Hall–Kier alpha value is -6.58. The molecule has 1 saturated heterocycles. The van der Waals surface area contributed by atoms with Crippen molar-refractivity contribution in [3.8, 4) is 17.2 Å². The highest BCUT2D eigenvalue weighted by Gasteiger charge is 2.44. The largest absolute Gasteiger partial charge is 0.492 e. The summed E-state index contributed by atoms with van der Waals surface area (Å²) in [6.45, 7) is -0.107. The van der Waals surface area contributed by atoms with E-state index >= 15 is 0 Å². The maximum atomic E-state index is 13.6. The van der Waals surface area contributed by atoms with Gasteiger partial charge in [0.1, 0.15) is 18.0 Å². The van der Waals surface area contributed by atoms with Crippen LogP contribution in [0.25, 0.3) is 11.2 Å². The fraction of sp³-hybridized carbons (Fsp3) is 0.261. The van der Waals surface area contributed by atoms with Crippen LogP contribution in [0.4, 0.5) is 11.5 Å². The topological polar surface area (TPSA) is 160 Å². The first-order valence-electron chi connectivity index (χ1n) is 19.5. The van der Waals surface area contributed by atoms with Crippen LogP contribution in [-0.2, 0) is 31.0 Å². The van der Waals surface area contributed by atoms with E-state index in [9.17, 15) is 9.90 Å². The van der Waals surface area contributed by atoms with Gasteiger partial charge in [-0.1, -0.05) is 103 Å². The Morgan fingerprint density at radius 3 is 2.13 bits per heavy atom. The number of amides is 1. The van der Waals surface area contributed by atoms with Crippen molar-refractivity contribution in [1.82, 2.24) is 19.5 Å². The fourth-order valence-corrected chi connectivity index (χ4v) is 8.03. The second-order valence-electron chi connectivity index (χ2n) is 14.3. The fourth-order valence-electron chi connectivity index (χ4n) is 8.03. The Bertz CT molecular complexity index is 2370. The Morgan fingerprint density at radius 1 is 0.850 bits per heavy atom. The summed E-state index contributed by atoms with van der Waals surface area (Å²) in [5.41, 5.74) is 4.07. The zero-order valence-corrected chi connectivity index (χ0v) is 33.4. The van der Waals surface area contributed by atoms with Gasteiger partial charge in [0.25, 0.3) is 0 Å². The lowest BCUT2D eigenvalue weighted by atomic mass is 9.77. The van der Waals surface area contributed by atoms with Gasteiger partial charge in [-0.05, 0) is 35.6 Å². The van der Waals surface area contributed by atoms with Crippen molar-refractivity contribution in [1.29, 1.82) is 0 Å². The number of ether oxygens (including phenoxy) is 6. The molecule has 6 aromatic rings. The molecule has 4 atom stereocenters. The predicted octanol–water partition coefficient (Wildman–Crippen LogP) is 6.78. The minimum Gasteiger partial charge on any atom is -0.492 e. The van der Waals surface area contributed by atoms with Crippen LogP contribution < -0.4 is 24.8 Å². The Kier molecular flexibility index (Phi) is 12.2. The molecule has 2 bridgehead atoms. The number of anilines is 2. The lowest BCUT2D eigenvalue weighted by Crippen LogP contribution is -2.38. The number of benzene rings is 4. The average Bonchev–Trinajstić information content (AvgIpc) is 3.86. The van der Waals surface area contributed by atoms with Crippen molar-refractivity contribution in [2.75, 3.05) is 45.5 Å². The predicted molar refractivity (Wildman–Crippen MR) is 225 cm³/mol. The van der Waals surface area contributed by atoms with Crippen molar-refractivity contribution in [2.45, 2.75) is 36.8 Å². The number of carbonyl (C=O) groups is 1. The smallest absolute Gasteiger partial charge is 0.248 e. The highest BCUT2D eigenvalue weighted by molar-refractivity contribution is 6.01. The number of methoxy groups -OCH3 is 3. The molecule has 14 heteroatoms. The maximum Gasteiger partial charge on any atom is 0.248 e. The van der Waals surface area contributed by atoms with Crippen LogP contribution in [-0.4, -0.2) is 77.7 Å². The zero-order valence-electron chi connectivity index (χ0n) is 33.4. The first-order valence-corrected chi connectivity index (χ1v) is 19.5. The Morgan fingerprint density at radius 2 is 1.50 bits per heavy atom. The van der Waals surface area contributed by atoms with Gasteiger partial charge in [0.15, 0.2) is 54.0 Å². The first kappa shape index (κ1) is 40.2. The van der Waals surface area contributed by atoms with Gasteiger partial charge in [0, 0.05) is 37.8 Å². The number of allylic oxidation sites excluding steroid dienone is 2. The second-order valence-corrected chi connectivity index (χ2v) is 14.3. The number of nitrogens with one attached hydrogen (secondary N) is 2. The van der Waals surface area contributed by atoms with Crippen LogP contribution >= 0.6 is 0 Å². The first-order chi connectivity index (χ1) is 29.5. The molecular formula is C46H46N6O8. The van der Waals surface area contributed by atoms with Crippen molar-refractivity contribution < 1.29 is 38.3 Å². The highest BCUT2D eigenvalue weighted by Crippen LogP contribution is 2.45. The molecule has 1 fully saturated rings. The van der Waals surface area contributed by atoms with Gasteiger partial charge in [0.2, 0.25) is 5.91 Å². The Balaban J connectivity index is 1.13. The van der Waals surface area contributed by atoms with E-state index in [1.165, 1.54) is 33.7 Å². The van der Waals surface area contributed by atoms with Crippen LogP contribution in [0.5, 0.6) is 17.2 Å². The van der Waals surface area contributed by atoms with E-state index in [0.29, 0.717) is 58.3 Å². The van der Waals surface area contributed by atoms with Crippen LogP contribution in [0.3, 0.4) is 0 Å². The molecule has 308 valence electrons. The number of hydrogen-bond acceptors (Lipinski definition) is 12. The van der Waals surface area contributed by atoms with Crippen LogP contribution in [0.2, 0.25) is 0 Å². The number of rotatable bonds is 13. The molecular weight excluding hydrogens is 765 g/mol. The molecule has 0 unspecified atom stereocenters. The van der Waals surface area contributed by atoms with Crippen LogP contribution in [0.1, 0.15) is 34.9 Å². The standard InChI is InChI=1S/C46H46N6O8/c1-55-28-58-37-25-35-41(59-29-56-2)34(42(37)57-3)22-14-13-21-33-36(23-24-38(53)50-35)60-45(40(33)54)52-27-49-39-43(47-26-48-44(39)52)51-46(30-15-7-4-8-16-30,31-17-9-5-10-18-31)32-19-11-6-12-20-32/h4-20,23-27,33,36,40,45,54H,21-22,28-29H2,1-3H3,(H,50,53)(H,47,48,51)/b14-13+,24-23+/t33-,36-,40-,45-/m1/s1. The normalized spacial score (nSPS) is 20.2. The number of aliphatic hydroxyl groups is 1. The molecule has 4 aromatic carbocycles. The van der Waals surface area contributed by atoms with Crippen molar-refractivity contribution in [3.63, 3.8) is 0 Å². The summed E-state index contributed by atoms with van der Waals surface area (Å²) < 4.78 is 36.2.